The molecular weight excluding hydrogens is 212 g/mol. The van der Waals surface area contributed by atoms with E-state index in [-0.39, 0.29) is 6.61 Å². The van der Waals surface area contributed by atoms with Crippen LogP contribution in [-0.4, -0.2) is 18.3 Å². The third kappa shape index (κ3) is 2.86. The highest BCUT2D eigenvalue weighted by atomic mass is 35.5. The Labute approximate surface area is 94.8 Å². The molecule has 1 aromatic rings. The summed E-state index contributed by atoms with van der Waals surface area (Å²) < 4.78 is 5.70. The van der Waals surface area contributed by atoms with Gasteiger partial charge in [-0.25, -0.2) is 0 Å². The van der Waals surface area contributed by atoms with Gasteiger partial charge < -0.3 is 9.84 Å². The van der Waals surface area contributed by atoms with Gasteiger partial charge in [0.2, 0.25) is 0 Å². The van der Waals surface area contributed by atoms with Gasteiger partial charge in [-0.15, -0.1) is 0 Å². The lowest BCUT2D eigenvalue weighted by molar-refractivity contribution is 0.282. The summed E-state index contributed by atoms with van der Waals surface area (Å²) in [4.78, 5) is 0. The Kier molecular flexibility index (Phi) is 3.49. The summed E-state index contributed by atoms with van der Waals surface area (Å²) in [6.07, 6.45) is 3.13. The van der Waals surface area contributed by atoms with Crippen molar-refractivity contribution >= 4 is 11.6 Å². The lowest BCUT2D eigenvalue weighted by Gasteiger charge is -2.12. The van der Waals surface area contributed by atoms with Gasteiger partial charge in [-0.2, -0.15) is 0 Å². The summed E-state index contributed by atoms with van der Waals surface area (Å²) in [5.74, 6) is 1.46. The van der Waals surface area contributed by atoms with Gasteiger partial charge >= 0.3 is 0 Å². The fraction of sp³-hybridized carbons (Fsp3) is 0.500. The van der Waals surface area contributed by atoms with E-state index < -0.39 is 0 Å². The Morgan fingerprint density at radius 2 is 2.20 bits per heavy atom. The van der Waals surface area contributed by atoms with Crippen LogP contribution in [0.4, 0.5) is 0 Å². The van der Waals surface area contributed by atoms with Gasteiger partial charge in [0.1, 0.15) is 5.75 Å². The zero-order valence-electron chi connectivity index (χ0n) is 8.58. The molecule has 15 heavy (non-hydrogen) atoms. The van der Waals surface area contributed by atoms with Crippen molar-refractivity contribution in [3.8, 4) is 5.75 Å². The second kappa shape index (κ2) is 4.86. The summed E-state index contributed by atoms with van der Waals surface area (Å²) in [6.45, 7) is 0.877. The van der Waals surface area contributed by atoms with Gasteiger partial charge in [0.15, 0.2) is 0 Å². The molecule has 0 unspecified atom stereocenters. The van der Waals surface area contributed by atoms with E-state index in [1.807, 2.05) is 18.2 Å². The summed E-state index contributed by atoms with van der Waals surface area (Å²) in [5.41, 5.74) is 0.991. The van der Waals surface area contributed by atoms with Crippen molar-refractivity contribution in [1.29, 1.82) is 0 Å². The van der Waals surface area contributed by atoms with Crippen molar-refractivity contribution in [2.45, 2.75) is 19.3 Å². The lowest BCUT2D eigenvalue weighted by atomic mass is 10.1. The molecule has 0 heterocycles. The molecule has 1 aliphatic rings. The number of halogens is 1. The van der Waals surface area contributed by atoms with E-state index in [1.54, 1.807) is 0 Å². The normalized spacial score (nSPS) is 15.3. The van der Waals surface area contributed by atoms with E-state index in [1.165, 1.54) is 12.8 Å². The first-order valence-electron chi connectivity index (χ1n) is 5.32. The summed E-state index contributed by atoms with van der Waals surface area (Å²) in [7, 11) is 0. The Hall–Kier alpha value is -0.730. The summed E-state index contributed by atoms with van der Waals surface area (Å²) in [6, 6.07) is 5.66. The van der Waals surface area contributed by atoms with Crippen LogP contribution in [-0.2, 0) is 6.42 Å². The maximum atomic E-state index is 8.93. The molecule has 0 spiro atoms. The third-order valence-corrected chi connectivity index (χ3v) is 2.89. The van der Waals surface area contributed by atoms with Crippen LogP contribution in [0.3, 0.4) is 0 Å². The number of aliphatic hydroxyl groups excluding tert-OH is 1. The molecule has 0 amide bonds. The van der Waals surface area contributed by atoms with Crippen molar-refractivity contribution in [3.63, 3.8) is 0 Å². The highest BCUT2D eigenvalue weighted by Gasteiger charge is 2.22. The van der Waals surface area contributed by atoms with E-state index >= 15 is 0 Å². The summed E-state index contributed by atoms with van der Waals surface area (Å²) >= 11 is 6.06. The van der Waals surface area contributed by atoms with Crippen molar-refractivity contribution in [1.82, 2.24) is 0 Å². The smallest absolute Gasteiger partial charge is 0.141 e. The number of aliphatic hydroxyl groups is 1. The molecule has 82 valence electrons. The van der Waals surface area contributed by atoms with Gasteiger partial charge in [0.05, 0.1) is 11.6 Å². The molecule has 1 N–H and O–H groups in total. The number of benzene rings is 1. The molecule has 0 aliphatic heterocycles. The second-order valence-corrected chi connectivity index (χ2v) is 4.36. The van der Waals surface area contributed by atoms with E-state index in [2.05, 4.69) is 0 Å². The quantitative estimate of drug-likeness (QED) is 0.837. The summed E-state index contributed by atoms with van der Waals surface area (Å²) in [5, 5.41) is 9.57. The monoisotopic (exact) mass is 226 g/mol. The van der Waals surface area contributed by atoms with Crippen LogP contribution < -0.4 is 4.74 Å². The molecular formula is C12H15ClO2. The largest absolute Gasteiger partial charge is 0.491 e. The van der Waals surface area contributed by atoms with E-state index in [0.717, 1.165) is 17.9 Å². The van der Waals surface area contributed by atoms with Crippen LogP contribution in [0.15, 0.2) is 18.2 Å². The minimum Gasteiger partial charge on any atom is -0.491 e. The SMILES string of the molecule is OCCc1cccc(Cl)c1OCC1CC1. The highest BCUT2D eigenvalue weighted by molar-refractivity contribution is 6.32. The maximum Gasteiger partial charge on any atom is 0.141 e. The van der Waals surface area contributed by atoms with Crippen molar-refractivity contribution in [2.24, 2.45) is 5.92 Å². The van der Waals surface area contributed by atoms with Crippen LogP contribution in [0.5, 0.6) is 5.75 Å². The molecule has 0 saturated heterocycles. The van der Waals surface area contributed by atoms with Crippen LogP contribution in [0.2, 0.25) is 5.02 Å². The molecule has 0 radical (unpaired) electrons. The Balaban J connectivity index is 2.09. The Bertz CT molecular complexity index is 334. The van der Waals surface area contributed by atoms with Crippen molar-refractivity contribution in [2.75, 3.05) is 13.2 Å². The van der Waals surface area contributed by atoms with Crippen LogP contribution in [0.25, 0.3) is 0 Å². The van der Waals surface area contributed by atoms with Gasteiger partial charge in [-0.05, 0) is 36.8 Å². The Morgan fingerprint density at radius 3 is 2.87 bits per heavy atom. The molecule has 0 atom stereocenters. The molecule has 0 aromatic heterocycles. The minimum absolute atomic E-state index is 0.125. The molecule has 2 nitrogen and oxygen atoms in total. The topological polar surface area (TPSA) is 29.5 Å². The molecule has 1 aromatic carbocycles. The number of ether oxygens (including phenoxy) is 1. The standard InChI is InChI=1S/C12H15ClO2/c13-11-3-1-2-10(6-7-14)12(11)15-8-9-4-5-9/h1-3,9,14H,4-8H2. The van der Waals surface area contributed by atoms with E-state index in [0.29, 0.717) is 17.4 Å². The highest BCUT2D eigenvalue weighted by Crippen LogP contribution is 2.33. The van der Waals surface area contributed by atoms with Gasteiger partial charge in [0.25, 0.3) is 0 Å². The molecule has 3 heteroatoms. The first-order chi connectivity index (χ1) is 7.31. The fourth-order valence-electron chi connectivity index (χ4n) is 1.52. The molecule has 1 fully saturated rings. The average Bonchev–Trinajstić information content (AvgIpc) is 3.01. The lowest BCUT2D eigenvalue weighted by Crippen LogP contribution is -2.03. The minimum atomic E-state index is 0.125. The third-order valence-electron chi connectivity index (χ3n) is 2.59. The van der Waals surface area contributed by atoms with Crippen LogP contribution in [0, 0.1) is 5.92 Å². The van der Waals surface area contributed by atoms with Crippen molar-refractivity contribution in [3.05, 3.63) is 28.8 Å². The Morgan fingerprint density at radius 1 is 1.40 bits per heavy atom. The fourth-order valence-corrected chi connectivity index (χ4v) is 1.77. The number of rotatable bonds is 5. The van der Waals surface area contributed by atoms with Crippen LogP contribution in [0.1, 0.15) is 18.4 Å². The zero-order valence-corrected chi connectivity index (χ0v) is 9.33. The number of para-hydroxylation sites is 1. The van der Waals surface area contributed by atoms with Crippen molar-refractivity contribution < 1.29 is 9.84 Å². The van der Waals surface area contributed by atoms with Gasteiger partial charge in [-0.1, -0.05) is 23.7 Å². The molecule has 1 aliphatic carbocycles. The molecule has 1 saturated carbocycles. The van der Waals surface area contributed by atoms with Gasteiger partial charge in [0, 0.05) is 6.61 Å². The first-order valence-corrected chi connectivity index (χ1v) is 5.70. The van der Waals surface area contributed by atoms with Crippen LogP contribution >= 0.6 is 11.6 Å². The predicted octanol–water partition coefficient (Wildman–Crippen LogP) is 2.66. The first kappa shape index (κ1) is 10.8. The molecule has 0 bridgehead atoms. The second-order valence-electron chi connectivity index (χ2n) is 3.96. The van der Waals surface area contributed by atoms with E-state index in [9.17, 15) is 0 Å². The molecule has 2 rings (SSSR count). The van der Waals surface area contributed by atoms with Gasteiger partial charge in [-0.3, -0.25) is 0 Å². The predicted molar refractivity (Wildman–Crippen MR) is 60.5 cm³/mol. The average molecular weight is 227 g/mol. The number of hydrogen-bond donors (Lipinski definition) is 1. The maximum absolute atomic E-state index is 8.93. The number of hydrogen-bond acceptors (Lipinski definition) is 2. The zero-order chi connectivity index (χ0) is 10.7. The van der Waals surface area contributed by atoms with E-state index in [4.69, 9.17) is 21.4 Å².